The monoisotopic (exact) mass is 541 g/mol. The molecule has 2 aromatic carbocycles. The molecule has 0 bridgehead atoms. The zero-order valence-corrected chi connectivity index (χ0v) is 21.0. The summed E-state index contributed by atoms with van der Waals surface area (Å²) in [6.45, 7) is 3.87. The Balaban J connectivity index is 2.23. The van der Waals surface area contributed by atoms with Crippen LogP contribution in [-0.2, 0) is 14.4 Å². The van der Waals surface area contributed by atoms with E-state index in [1.165, 1.54) is 30.3 Å². The molecule has 2 rings (SSSR count). The zero-order chi connectivity index (χ0) is 28.0. The van der Waals surface area contributed by atoms with Crippen LogP contribution >= 0.6 is 11.6 Å². The maximum absolute atomic E-state index is 13.3. The smallest absolute Gasteiger partial charge is 0.398 e. The Kier molecular flexibility index (Phi) is 9.65. The molecule has 0 aliphatic heterocycles. The molecule has 2 aromatic rings. The Morgan fingerprint density at radius 3 is 2.11 bits per heavy atom. The van der Waals surface area contributed by atoms with Gasteiger partial charge in [0.2, 0.25) is 5.91 Å². The Morgan fingerprint density at radius 2 is 1.57 bits per heavy atom. The van der Waals surface area contributed by atoms with Crippen LogP contribution in [0.3, 0.4) is 0 Å². The third kappa shape index (κ3) is 8.46. The van der Waals surface area contributed by atoms with Gasteiger partial charge in [0.25, 0.3) is 17.6 Å². The number of nitrogen functional groups attached to an aromatic ring is 1. The predicted octanol–water partition coefficient (Wildman–Crippen LogP) is 2.68. The third-order valence-corrected chi connectivity index (χ3v) is 5.45. The number of nitrogens with one attached hydrogen (secondary N) is 4. The highest BCUT2D eigenvalue weighted by molar-refractivity contribution is 6.33. The van der Waals surface area contributed by atoms with E-state index in [2.05, 4.69) is 10.6 Å². The van der Waals surface area contributed by atoms with E-state index in [9.17, 15) is 32.3 Å². The molecule has 0 aliphatic rings. The number of alkyl halides is 3. The molecule has 6 N–H and O–H groups in total. The van der Waals surface area contributed by atoms with Crippen LogP contribution in [-0.4, -0.2) is 42.3 Å². The van der Waals surface area contributed by atoms with Crippen LogP contribution in [0.5, 0.6) is 0 Å². The minimum absolute atomic E-state index is 0.150. The number of benzene rings is 2. The molecular formula is C24H27ClF3N5O4. The lowest BCUT2D eigenvalue weighted by Gasteiger charge is -2.32. The van der Waals surface area contributed by atoms with E-state index < -0.39 is 53.7 Å². The fraction of sp³-hybridized carbons (Fsp3) is 0.333. The first-order valence-corrected chi connectivity index (χ1v) is 11.3. The summed E-state index contributed by atoms with van der Waals surface area (Å²) in [6, 6.07) is 9.60. The van der Waals surface area contributed by atoms with Gasteiger partial charge in [-0.2, -0.15) is 13.2 Å². The topological polar surface area (TPSA) is 142 Å². The van der Waals surface area contributed by atoms with E-state index in [1.54, 1.807) is 39.0 Å². The van der Waals surface area contributed by atoms with Crippen molar-refractivity contribution >= 4 is 40.8 Å². The van der Waals surface area contributed by atoms with Crippen molar-refractivity contribution in [2.75, 3.05) is 12.3 Å². The maximum Gasteiger partial charge on any atom is 0.451 e. The number of halogens is 4. The molecule has 200 valence electrons. The van der Waals surface area contributed by atoms with Gasteiger partial charge in [0.15, 0.2) is 0 Å². The van der Waals surface area contributed by atoms with Gasteiger partial charge in [-0.05, 0) is 29.2 Å². The summed E-state index contributed by atoms with van der Waals surface area (Å²) in [5.74, 6) is -4.38. The van der Waals surface area contributed by atoms with Crippen molar-refractivity contribution in [3.8, 4) is 0 Å². The van der Waals surface area contributed by atoms with Gasteiger partial charge in [0, 0.05) is 5.56 Å². The summed E-state index contributed by atoms with van der Waals surface area (Å²) in [5.41, 5.74) is 9.50. The molecule has 0 saturated carbocycles. The summed E-state index contributed by atoms with van der Waals surface area (Å²) in [4.78, 5) is 50.0. The second-order valence-corrected chi connectivity index (χ2v) is 9.53. The van der Waals surface area contributed by atoms with Crippen molar-refractivity contribution in [1.29, 1.82) is 0 Å². The number of ketones is 1. The molecule has 2 atom stereocenters. The molecule has 0 radical (unpaired) electrons. The Bertz CT molecular complexity index is 1150. The van der Waals surface area contributed by atoms with Gasteiger partial charge in [0.1, 0.15) is 12.1 Å². The van der Waals surface area contributed by atoms with E-state index in [0.29, 0.717) is 5.56 Å². The molecular weight excluding hydrogens is 515 g/mol. The second-order valence-electron chi connectivity index (χ2n) is 9.12. The lowest BCUT2D eigenvalue weighted by molar-refractivity contribution is -0.170. The molecule has 3 amide bonds. The quantitative estimate of drug-likeness (QED) is 0.244. The minimum Gasteiger partial charge on any atom is -0.398 e. The van der Waals surface area contributed by atoms with E-state index in [-0.39, 0.29) is 16.3 Å². The first-order chi connectivity index (χ1) is 17.1. The largest absolute Gasteiger partial charge is 0.451 e. The average molecular weight is 542 g/mol. The summed E-state index contributed by atoms with van der Waals surface area (Å²) in [6.07, 6.45) is -5.07. The average Bonchev–Trinajstić information content (AvgIpc) is 2.81. The van der Waals surface area contributed by atoms with Gasteiger partial charge in [0.05, 0.1) is 17.3 Å². The molecule has 37 heavy (non-hydrogen) atoms. The van der Waals surface area contributed by atoms with Crippen LogP contribution in [0.1, 0.15) is 42.7 Å². The van der Waals surface area contributed by atoms with Gasteiger partial charge in [-0.3, -0.25) is 24.6 Å². The molecule has 0 aliphatic carbocycles. The molecule has 0 fully saturated rings. The molecule has 13 heteroatoms. The summed E-state index contributed by atoms with van der Waals surface area (Å²) in [5, 5.41) is 5.30. The Hall–Kier alpha value is -3.64. The van der Waals surface area contributed by atoms with Crippen LogP contribution < -0.4 is 27.2 Å². The maximum atomic E-state index is 13.3. The first-order valence-electron chi connectivity index (χ1n) is 10.9. The van der Waals surface area contributed by atoms with Gasteiger partial charge >= 0.3 is 6.18 Å². The lowest BCUT2D eigenvalue weighted by Crippen LogP contribution is -2.56. The molecule has 0 heterocycles. The molecule has 1 unspecified atom stereocenters. The number of Topliss-reactive ketones (excluding diaryl/α,β-unsaturated/α-hetero) is 1. The molecule has 0 aromatic heterocycles. The Labute approximate surface area is 216 Å². The number of carbonyl (C=O) groups is 4. The van der Waals surface area contributed by atoms with Crippen molar-refractivity contribution in [2.24, 2.45) is 5.41 Å². The molecule has 0 saturated heterocycles. The van der Waals surface area contributed by atoms with Crippen LogP contribution in [0.2, 0.25) is 5.02 Å². The van der Waals surface area contributed by atoms with Crippen molar-refractivity contribution in [3.63, 3.8) is 0 Å². The molecule has 9 nitrogen and oxygen atoms in total. The van der Waals surface area contributed by atoms with Crippen molar-refractivity contribution in [1.82, 2.24) is 21.5 Å². The van der Waals surface area contributed by atoms with Gasteiger partial charge in [-0.1, -0.05) is 62.7 Å². The standard InChI is InChI=1S/C24H27ClF3N5O4/c1-23(2,3)19(32-20(35)14-9-10-16(29)15(25)11-14)22(37)31-18(13-7-5-4-6-8-13)21(36)33-30-12-17(34)24(26,27)28/h4-11,18-19,30H,12,29H2,1-3H3,(H,31,37)(H,32,35)(H,33,36)/t18?,19-/m1/s1. The predicted molar refractivity (Wildman–Crippen MR) is 131 cm³/mol. The van der Waals surface area contributed by atoms with Crippen molar-refractivity contribution in [2.45, 2.75) is 39.0 Å². The van der Waals surface area contributed by atoms with Gasteiger partial charge in [-0.25, -0.2) is 5.43 Å². The Morgan fingerprint density at radius 1 is 0.946 bits per heavy atom. The minimum atomic E-state index is -5.07. The highest BCUT2D eigenvalue weighted by Crippen LogP contribution is 2.24. The van der Waals surface area contributed by atoms with Gasteiger partial charge < -0.3 is 16.4 Å². The second kappa shape index (κ2) is 12.1. The number of hydrazine groups is 1. The van der Waals surface area contributed by atoms with Crippen molar-refractivity contribution in [3.05, 3.63) is 64.7 Å². The number of carbonyl (C=O) groups excluding carboxylic acids is 4. The van der Waals surface area contributed by atoms with E-state index >= 15 is 0 Å². The number of anilines is 1. The zero-order valence-electron chi connectivity index (χ0n) is 20.2. The number of nitrogens with two attached hydrogens (primary N) is 1. The van der Waals surface area contributed by atoms with Gasteiger partial charge in [-0.15, -0.1) is 0 Å². The summed E-state index contributed by atoms with van der Waals surface area (Å²) < 4.78 is 37.3. The highest BCUT2D eigenvalue weighted by atomic mass is 35.5. The van der Waals surface area contributed by atoms with E-state index in [4.69, 9.17) is 17.3 Å². The van der Waals surface area contributed by atoms with Crippen molar-refractivity contribution < 1.29 is 32.3 Å². The first kappa shape index (κ1) is 29.6. The number of hydrogen-bond acceptors (Lipinski definition) is 6. The van der Waals surface area contributed by atoms with E-state index in [1.807, 2.05) is 10.9 Å². The van der Waals surface area contributed by atoms with Crippen LogP contribution in [0.15, 0.2) is 48.5 Å². The van der Waals surface area contributed by atoms with Crippen LogP contribution in [0.25, 0.3) is 0 Å². The lowest BCUT2D eigenvalue weighted by atomic mass is 9.85. The molecule has 0 spiro atoms. The number of hydrogen-bond donors (Lipinski definition) is 5. The number of amides is 3. The van der Waals surface area contributed by atoms with Crippen LogP contribution in [0.4, 0.5) is 18.9 Å². The highest BCUT2D eigenvalue weighted by Gasteiger charge is 2.38. The SMILES string of the molecule is CC(C)(C)[C@H](NC(=O)c1ccc(N)c(Cl)c1)C(=O)NC(C(=O)NNCC(=O)C(F)(F)F)c1ccccc1. The fourth-order valence-electron chi connectivity index (χ4n) is 3.11. The summed E-state index contributed by atoms with van der Waals surface area (Å²) in [7, 11) is 0. The normalized spacial score (nSPS) is 13.3. The number of rotatable bonds is 9. The summed E-state index contributed by atoms with van der Waals surface area (Å²) >= 11 is 5.99. The fourth-order valence-corrected chi connectivity index (χ4v) is 3.29. The van der Waals surface area contributed by atoms with E-state index in [0.717, 1.165) is 0 Å². The van der Waals surface area contributed by atoms with Crippen LogP contribution in [0, 0.1) is 5.41 Å². The third-order valence-electron chi connectivity index (χ3n) is 5.12.